The highest BCUT2D eigenvalue weighted by Gasteiger charge is 2.31. The number of para-hydroxylation sites is 2. The lowest BCUT2D eigenvalue weighted by atomic mass is 10.2. The molecule has 0 bridgehead atoms. The molecule has 1 aromatic heterocycles. The minimum atomic E-state index is -3.35. The van der Waals surface area contributed by atoms with Crippen LogP contribution in [0.15, 0.2) is 29.4 Å². The smallest absolute Gasteiger partial charge is 0.226 e. The number of hydrogen-bond donors (Lipinski definition) is 2. The SMILES string of the molecule is O=S(=O)(c1nc2ccccc2[nH]1)[C@H]1CCCNC1. The van der Waals surface area contributed by atoms with Crippen molar-refractivity contribution < 1.29 is 8.42 Å². The second-order valence-electron chi connectivity index (χ2n) is 4.57. The number of piperidine rings is 1. The molecule has 1 aliphatic rings. The molecule has 0 aliphatic carbocycles. The number of sulfone groups is 1. The van der Waals surface area contributed by atoms with Gasteiger partial charge in [0.1, 0.15) is 0 Å². The van der Waals surface area contributed by atoms with E-state index in [9.17, 15) is 8.42 Å². The van der Waals surface area contributed by atoms with E-state index >= 15 is 0 Å². The first kappa shape index (κ1) is 11.7. The first-order valence-electron chi connectivity index (χ1n) is 6.07. The van der Waals surface area contributed by atoms with Gasteiger partial charge in [-0.05, 0) is 31.5 Å². The summed E-state index contributed by atoms with van der Waals surface area (Å²) >= 11 is 0. The number of nitrogens with zero attached hydrogens (tertiary/aromatic N) is 1. The van der Waals surface area contributed by atoms with Gasteiger partial charge in [-0.1, -0.05) is 12.1 Å². The third-order valence-electron chi connectivity index (χ3n) is 3.33. The molecule has 2 heterocycles. The van der Waals surface area contributed by atoms with E-state index < -0.39 is 9.84 Å². The number of aromatic nitrogens is 2. The molecule has 2 N–H and O–H groups in total. The third-order valence-corrected chi connectivity index (χ3v) is 5.34. The van der Waals surface area contributed by atoms with Crippen LogP contribution >= 0.6 is 0 Å². The Morgan fingerprint density at radius 3 is 2.83 bits per heavy atom. The first-order chi connectivity index (χ1) is 8.68. The highest BCUT2D eigenvalue weighted by atomic mass is 32.2. The molecule has 6 heteroatoms. The van der Waals surface area contributed by atoms with Gasteiger partial charge in [0.15, 0.2) is 0 Å². The van der Waals surface area contributed by atoms with Gasteiger partial charge in [-0.3, -0.25) is 0 Å². The Bertz CT molecular complexity index is 624. The van der Waals surface area contributed by atoms with E-state index in [0.717, 1.165) is 18.5 Å². The molecule has 0 saturated carbocycles. The molecule has 0 radical (unpaired) electrons. The molecular weight excluding hydrogens is 250 g/mol. The Morgan fingerprint density at radius 2 is 2.11 bits per heavy atom. The zero-order valence-corrected chi connectivity index (χ0v) is 10.7. The summed E-state index contributed by atoms with van der Waals surface area (Å²) in [4.78, 5) is 7.09. The Labute approximate surface area is 106 Å². The molecule has 1 aromatic carbocycles. The first-order valence-corrected chi connectivity index (χ1v) is 7.62. The molecule has 96 valence electrons. The predicted molar refractivity (Wildman–Crippen MR) is 69.2 cm³/mol. The average molecular weight is 265 g/mol. The van der Waals surface area contributed by atoms with Crippen LogP contribution in [0.3, 0.4) is 0 Å². The van der Waals surface area contributed by atoms with Gasteiger partial charge in [0, 0.05) is 6.54 Å². The highest BCUT2D eigenvalue weighted by Crippen LogP contribution is 2.21. The number of benzene rings is 1. The van der Waals surface area contributed by atoms with Crippen molar-refractivity contribution in [3.05, 3.63) is 24.3 Å². The van der Waals surface area contributed by atoms with Crippen molar-refractivity contribution >= 4 is 20.9 Å². The summed E-state index contributed by atoms with van der Waals surface area (Å²) in [6.07, 6.45) is 1.59. The van der Waals surface area contributed by atoms with Crippen molar-refractivity contribution in [3.63, 3.8) is 0 Å². The van der Waals surface area contributed by atoms with Crippen LogP contribution in [-0.2, 0) is 9.84 Å². The zero-order chi connectivity index (χ0) is 12.6. The topological polar surface area (TPSA) is 74.8 Å². The number of aromatic amines is 1. The average Bonchev–Trinajstić information content (AvgIpc) is 2.84. The van der Waals surface area contributed by atoms with Crippen LogP contribution in [0, 0.1) is 0 Å². The van der Waals surface area contributed by atoms with E-state index in [1.807, 2.05) is 24.3 Å². The maximum atomic E-state index is 12.4. The number of fused-ring (bicyclic) bond motifs is 1. The molecule has 18 heavy (non-hydrogen) atoms. The molecule has 0 spiro atoms. The van der Waals surface area contributed by atoms with Crippen LogP contribution in [-0.4, -0.2) is 36.7 Å². The van der Waals surface area contributed by atoms with Crippen molar-refractivity contribution in [2.24, 2.45) is 0 Å². The van der Waals surface area contributed by atoms with Crippen molar-refractivity contribution in [2.75, 3.05) is 13.1 Å². The van der Waals surface area contributed by atoms with Crippen LogP contribution in [0.4, 0.5) is 0 Å². The quantitative estimate of drug-likeness (QED) is 0.852. The molecule has 5 nitrogen and oxygen atoms in total. The van der Waals surface area contributed by atoms with Crippen LogP contribution in [0.2, 0.25) is 0 Å². The van der Waals surface area contributed by atoms with E-state index in [4.69, 9.17) is 0 Å². The van der Waals surface area contributed by atoms with Crippen molar-refractivity contribution in [1.29, 1.82) is 0 Å². The van der Waals surface area contributed by atoms with Gasteiger partial charge in [0.25, 0.3) is 0 Å². The highest BCUT2D eigenvalue weighted by molar-refractivity contribution is 7.91. The summed E-state index contributed by atoms with van der Waals surface area (Å²) in [5.74, 6) is 0. The molecule has 2 aromatic rings. The third kappa shape index (κ3) is 1.91. The summed E-state index contributed by atoms with van der Waals surface area (Å²) in [6.45, 7) is 1.41. The molecule has 1 fully saturated rings. The van der Waals surface area contributed by atoms with Crippen molar-refractivity contribution in [1.82, 2.24) is 15.3 Å². The van der Waals surface area contributed by atoms with Gasteiger partial charge < -0.3 is 10.3 Å². The molecular formula is C12H15N3O2S. The van der Waals surface area contributed by atoms with Gasteiger partial charge in [-0.15, -0.1) is 0 Å². The van der Waals surface area contributed by atoms with Crippen LogP contribution in [0.1, 0.15) is 12.8 Å². The molecule has 1 aliphatic heterocycles. The molecule has 0 amide bonds. The van der Waals surface area contributed by atoms with Gasteiger partial charge in [-0.2, -0.15) is 0 Å². The maximum absolute atomic E-state index is 12.4. The van der Waals surface area contributed by atoms with Gasteiger partial charge in [0.2, 0.25) is 15.0 Å². The summed E-state index contributed by atoms with van der Waals surface area (Å²) in [5, 5.41) is 2.85. The second-order valence-corrected chi connectivity index (χ2v) is 6.72. The predicted octanol–water partition coefficient (Wildman–Crippen LogP) is 1.09. The minimum absolute atomic E-state index is 0.0948. The van der Waals surface area contributed by atoms with E-state index in [0.29, 0.717) is 18.5 Å². The van der Waals surface area contributed by atoms with Crippen molar-refractivity contribution in [2.45, 2.75) is 23.2 Å². The summed E-state index contributed by atoms with van der Waals surface area (Å²) in [6, 6.07) is 7.35. The Morgan fingerprint density at radius 1 is 1.28 bits per heavy atom. The summed E-state index contributed by atoms with van der Waals surface area (Å²) in [5.41, 5.74) is 1.46. The number of nitrogens with one attached hydrogen (secondary N) is 2. The minimum Gasteiger partial charge on any atom is -0.329 e. The van der Waals surface area contributed by atoms with Gasteiger partial charge in [0.05, 0.1) is 16.3 Å². The van der Waals surface area contributed by atoms with E-state index in [2.05, 4.69) is 15.3 Å². The van der Waals surface area contributed by atoms with Gasteiger partial charge in [-0.25, -0.2) is 13.4 Å². The summed E-state index contributed by atoms with van der Waals surface area (Å²) in [7, 11) is -3.35. The van der Waals surface area contributed by atoms with Crippen LogP contribution < -0.4 is 5.32 Å². The summed E-state index contributed by atoms with van der Waals surface area (Å²) < 4.78 is 24.8. The van der Waals surface area contributed by atoms with E-state index in [1.54, 1.807) is 0 Å². The largest absolute Gasteiger partial charge is 0.329 e. The molecule has 3 rings (SSSR count). The number of rotatable bonds is 2. The van der Waals surface area contributed by atoms with Crippen LogP contribution in [0.25, 0.3) is 11.0 Å². The van der Waals surface area contributed by atoms with Crippen molar-refractivity contribution in [3.8, 4) is 0 Å². The Hall–Kier alpha value is -1.40. The lowest BCUT2D eigenvalue weighted by molar-refractivity contribution is 0.494. The van der Waals surface area contributed by atoms with E-state index in [1.165, 1.54) is 0 Å². The van der Waals surface area contributed by atoms with Gasteiger partial charge >= 0.3 is 0 Å². The second kappa shape index (κ2) is 4.37. The number of H-pyrrole nitrogens is 1. The fraction of sp³-hybridized carbons (Fsp3) is 0.417. The van der Waals surface area contributed by atoms with E-state index in [-0.39, 0.29) is 10.4 Å². The Balaban J connectivity index is 2.01. The maximum Gasteiger partial charge on any atom is 0.226 e. The fourth-order valence-electron chi connectivity index (χ4n) is 2.31. The number of imidazole rings is 1. The molecule has 1 saturated heterocycles. The fourth-order valence-corrected chi connectivity index (χ4v) is 3.91. The normalized spacial score (nSPS) is 21.2. The molecule has 0 unspecified atom stereocenters. The monoisotopic (exact) mass is 265 g/mol. The lowest BCUT2D eigenvalue weighted by Crippen LogP contribution is -2.39. The lowest BCUT2D eigenvalue weighted by Gasteiger charge is -2.21. The zero-order valence-electron chi connectivity index (χ0n) is 9.89. The molecule has 1 atom stereocenters. The number of hydrogen-bond acceptors (Lipinski definition) is 4. The van der Waals surface area contributed by atoms with Crippen LogP contribution in [0.5, 0.6) is 0 Å². The Kier molecular flexibility index (Phi) is 2.83. The standard InChI is InChI=1S/C12H15N3O2S/c16-18(17,9-4-3-7-13-8-9)12-14-10-5-1-2-6-11(10)15-12/h1-2,5-6,9,13H,3-4,7-8H2,(H,14,15)/t9-/m0/s1.